The average molecular weight is 1390 g/mol. The van der Waals surface area contributed by atoms with Crippen LogP contribution in [0.2, 0.25) is 0 Å². The molecule has 0 aliphatic heterocycles. The molecule has 99 heavy (non-hydrogen) atoms. The third-order valence-electron chi connectivity index (χ3n) is 16.4. The lowest BCUT2D eigenvalue weighted by Gasteiger charge is -2.33. The fraction of sp³-hybridized carbons (Fsp3) is 0.462. The molecule has 0 spiro atoms. The molecule has 7 aromatic carbocycles. The SMILES string of the molecule is CC(C)(C)CC(C)(C)c1cc(CO)c(O)c(CO)c1.CC(C)(C)c1cc(CO)c(O)c(CO)c1.CC(C)C(C)c1cc(CO)c(O)c(CO)c1.CCc1cc(CO)c(O)c(CO)c1.CCc1cc(CO)cc(CO)c1O.Cc1cc(CO)c(O)c(CO)c1.OCc1ccc(O)c(CO)c1. The highest BCUT2D eigenvalue weighted by Gasteiger charge is 2.29. The molecule has 0 aromatic heterocycles. The van der Waals surface area contributed by atoms with Crippen LogP contribution in [0.1, 0.15) is 214 Å². The Morgan fingerprint density at radius 2 is 0.586 bits per heavy atom. The molecule has 0 fully saturated rings. The van der Waals surface area contributed by atoms with E-state index < -0.39 is 0 Å². The van der Waals surface area contributed by atoms with Gasteiger partial charge in [-0.3, -0.25) is 0 Å². The van der Waals surface area contributed by atoms with Gasteiger partial charge in [-0.05, 0) is 166 Å². The van der Waals surface area contributed by atoms with Crippen LogP contribution in [0.15, 0.2) is 91.0 Å². The molecule has 21 nitrogen and oxygen atoms in total. The Labute approximate surface area is 584 Å². The van der Waals surface area contributed by atoms with E-state index in [1.54, 1.807) is 72.8 Å². The first-order valence-corrected chi connectivity index (χ1v) is 32.8. The third-order valence-corrected chi connectivity index (χ3v) is 16.4. The van der Waals surface area contributed by atoms with Crippen LogP contribution in [-0.2, 0) is 116 Å². The molecule has 1 atom stereocenters. The first kappa shape index (κ1) is 89.6. The first-order chi connectivity index (χ1) is 46.4. The van der Waals surface area contributed by atoms with E-state index in [1.807, 2.05) is 53.7 Å². The van der Waals surface area contributed by atoms with Crippen molar-refractivity contribution >= 4 is 0 Å². The van der Waals surface area contributed by atoms with Gasteiger partial charge in [-0.15, -0.1) is 0 Å². The predicted octanol–water partition coefficient (Wildman–Crippen LogP) is 9.84. The van der Waals surface area contributed by atoms with Crippen LogP contribution in [0.25, 0.3) is 0 Å². The van der Waals surface area contributed by atoms with Gasteiger partial charge in [0.1, 0.15) is 40.2 Å². The van der Waals surface area contributed by atoms with E-state index in [1.165, 1.54) is 6.07 Å². The summed E-state index contributed by atoms with van der Waals surface area (Å²) in [7, 11) is 0. The Morgan fingerprint density at radius 3 is 0.879 bits per heavy atom. The second kappa shape index (κ2) is 43.3. The summed E-state index contributed by atoms with van der Waals surface area (Å²) in [6.45, 7) is 26.4. The zero-order valence-corrected chi connectivity index (χ0v) is 60.2. The monoisotopic (exact) mass is 1390 g/mol. The average Bonchev–Trinajstić information content (AvgIpc) is 0.810. The molecular formula is C78H114O21. The molecule has 7 rings (SSSR count). The fourth-order valence-electron chi connectivity index (χ4n) is 10.6. The highest BCUT2D eigenvalue weighted by Crippen LogP contribution is 2.40. The summed E-state index contributed by atoms with van der Waals surface area (Å²) in [4.78, 5) is 0. The number of hydrogen-bond acceptors (Lipinski definition) is 21. The predicted molar refractivity (Wildman–Crippen MR) is 382 cm³/mol. The van der Waals surface area contributed by atoms with Crippen LogP contribution in [-0.4, -0.2) is 107 Å². The van der Waals surface area contributed by atoms with Crippen LogP contribution in [0.4, 0.5) is 0 Å². The number of benzene rings is 7. The number of aromatic hydroxyl groups is 7. The zero-order valence-electron chi connectivity index (χ0n) is 60.2. The van der Waals surface area contributed by atoms with Gasteiger partial charge < -0.3 is 107 Å². The molecule has 0 aliphatic rings. The largest absolute Gasteiger partial charge is 0.508 e. The van der Waals surface area contributed by atoms with Crippen molar-refractivity contribution in [1.29, 1.82) is 0 Å². The lowest BCUT2D eigenvalue weighted by atomic mass is 9.71. The van der Waals surface area contributed by atoms with Gasteiger partial charge in [-0.2, -0.15) is 0 Å². The van der Waals surface area contributed by atoms with E-state index in [4.69, 9.17) is 66.4 Å². The molecule has 0 radical (unpaired) electrons. The van der Waals surface area contributed by atoms with Crippen LogP contribution in [0.3, 0.4) is 0 Å². The molecule has 21 heteroatoms. The minimum atomic E-state index is -0.224. The molecule has 0 heterocycles. The van der Waals surface area contributed by atoms with Crippen LogP contribution in [0, 0.1) is 18.3 Å². The Bertz CT molecular complexity index is 3350. The molecule has 21 N–H and O–H groups in total. The van der Waals surface area contributed by atoms with Gasteiger partial charge in [-0.1, -0.05) is 114 Å². The lowest BCUT2D eigenvalue weighted by Crippen LogP contribution is -2.25. The summed E-state index contributed by atoms with van der Waals surface area (Å²) in [6, 6.07) is 25.7. The Hall–Kier alpha value is -7.42. The van der Waals surface area contributed by atoms with Crippen molar-refractivity contribution < 1.29 is 107 Å². The molecule has 7 aromatic rings. The molecule has 552 valence electrons. The minimum absolute atomic E-state index is 0.000286. The van der Waals surface area contributed by atoms with Gasteiger partial charge in [0, 0.05) is 66.8 Å². The number of hydrogen-bond donors (Lipinski definition) is 21. The van der Waals surface area contributed by atoms with E-state index in [-0.39, 0.29) is 149 Å². The van der Waals surface area contributed by atoms with Crippen molar-refractivity contribution in [3.05, 3.63) is 202 Å². The van der Waals surface area contributed by atoms with E-state index in [0.717, 1.165) is 51.8 Å². The maximum atomic E-state index is 9.89. The minimum Gasteiger partial charge on any atom is -0.508 e. The Kier molecular flexibility index (Phi) is 39.2. The van der Waals surface area contributed by atoms with Crippen molar-refractivity contribution in [2.24, 2.45) is 11.3 Å². The van der Waals surface area contributed by atoms with Gasteiger partial charge in [0.15, 0.2) is 0 Å². The van der Waals surface area contributed by atoms with Crippen LogP contribution < -0.4 is 0 Å². The lowest BCUT2D eigenvalue weighted by molar-refractivity contribution is 0.259. The molecular weight excluding hydrogens is 1270 g/mol. The number of aliphatic hydroxyl groups excluding tert-OH is 14. The van der Waals surface area contributed by atoms with Crippen molar-refractivity contribution in [1.82, 2.24) is 0 Å². The zero-order chi connectivity index (χ0) is 75.9. The van der Waals surface area contributed by atoms with Crippen LogP contribution in [0.5, 0.6) is 40.2 Å². The van der Waals surface area contributed by atoms with E-state index in [0.29, 0.717) is 90.6 Å². The number of phenols is 7. The summed E-state index contributed by atoms with van der Waals surface area (Å²) >= 11 is 0. The van der Waals surface area contributed by atoms with Crippen molar-refractivity contribution in [3.63, 3.8) is 0 Å². The Balaban J connectivity index is 0.000000581. The second-order valence-corrected chi connectivity index (χ2v) is 27.2. The van der Waals surface area contributed by atoms with Gasteiger partial charge in [-0.25, -0.2) is 0 Å². The summed E-state index contributed by atoms with van der Waals surface area (Å²) in [5.41, 5.74) is 12.8. The van der Waals surface area contributed by atoms with E-state index in [9.17, 15) is 40.9 Å². The molecule has 0 amide bonds. The van der Waals surface area contributed by atoms with E-state index in [2.05, 4.69) is 55.4 Å². The summed E-state index contributed by atoms with van der Waals surface area (Å²) in [6.07, 6.45) is 2.48. The van der Waals surface area contributed by atoms with Crippen molar-refractivity contribution in [2.75, 3.05) is 0 Å². The molecule has 1 unspecified atom stereocenters. The maximum absolute atomic E-state index is 9.89. The molecule has 0 aliphatic carbocycles. The smallest absolute Gasteiger partial charge is 0.126 e. The highest BCUT2D eigenvalue weighted by atomic mass is 16.3. The topological polar surface area (TPSA) is 425 Å². The van der Waals surface area contributed by atoms with E-state index >= 15 is 0 Å². The first-order valence-electron chi connectivity index (χ1n) is 32.8. The summed E-state index contributed by atoms with van der Waals surface area (Å²) in [5.74, 6) is 0.997. The standard InChI is InChI=1S/C16H26O3.C13H20O3.C12H18O3.2C10H14O3.C9H12O3.C8H10O3/c1-15(2,3)10-16(4,5)13-6-11(8-17)14(19)12(7-13)9-18;1-8(2)9(3)10-4-11(6-14)13(16)12(5-10)7-15;1-12(2,3)10-4-8(6-13)11(15)9(5-10)7-14;1-2-8-3-7(5-11)4-9(6-12)10(8)13;1-2-7-3-8(5-11)10(13)9(4-7)6-12;1-6-2-7(4-10)9(12)8(3-6)5-11;9-4-6-1-2-8(11)7(3-6)5-10/h6-7,17-19H,8-10H2,1-5H3;4-5,8-9,14-16H,6-7H2,1-3H3;4-5,13-15H,6-7H2,1-3H3;2*3-4,11-13H,2,5-6H2,1H3;2-3,10-12H,4-5H2,1H3;1-3,9-11H,4-5H2. The third kappa shape index (κ3) is 27.9. The molecule has 0 saturated carbocycles. The highest BCUT2D eigenvalue weighted by molar-refractivity contribution is 5.49. The molecule has 0 saturated heterocycles. The quantitative estimate of drug-likeness (QED) is 0.0337. The van der Waals surface area contributed by atoms with Gasteiger partial charge in [0.05, 0.1) is 92.5 Å². The van der Waals surface area contributed by atoms with Crippen molar-refractivity contribution in [2.45, 2.75) is 225 Å². The van der Waals surface area contributed by atoms with Crippen LogP contribution >= 0.6 is 0 Å². The fourth-order valence-corrected chi connectivity index (χ4v) is 10.6. The summed E-state index contributed by atoms with van der Waals surface area (Å²) < 4.78 is 0. The van der Waals surface area contributed by atoms with Gasteiger partial charge in [0.25, 0.3) is 0 Å². The van der Waals surface area contributed by atoms with Crippen molar-refractivity contribution in [3.8, 4) is 40.2 Å². The number of aryl methyl sites for hydroxylation is 3. The Morgan fingerprint density at radius 1 is 0.303 bits per heavy atom. The summed E-state index contributed by atoms with van der Waals surface area (Å²) in [5, 5.41) is 193. The normalized spacial score (nSPS) is 11.4. The molecule has 0 bridgehead atoms. The number of rotatable bonds is 20. The van der Waals surface area contributed by atoms with Gasteiger partial charge >= 0.3 is 0 Å². The van der Waals surface area contributed by atoms with Gasteiger partial charge in [0.2, 0.25) is 0 Å². The maximum Gasteiger partial charge on any atom is 0.126 e. The second-order valence-electron chi connectivity index (χ2n) is 27.2. The number of aliphatic hydroxyl groups is 14.